The van der Waals surface area contributed by atoms with Gasteiger partial charge in [-0.1, -0.05) is 62.4 Å². The second-order valence-corrected chi connectivity index (χ2v) is 5.63. The number of nitrogens with one attached hydrogen (secondary N) is 1. The third-order valence-corrected chi connectivity index (χ3v) is 4.17. The van der Waals surface area contributed by atoms with E-state index in [2.05, 4.69) is 62.2 Å². The number of benzene rings is 1. The highest BCUT2D eigenvalue weighted by Crippen LogP contribution is 2.36. The molecule has 0 amide bonds. The molecule has 0 spiro atoms. The van der Waals surface area contributed by atoms with Crippen LogP contribution in [-0.4, -0.2) is 0 Å². The van der Waals surface area contributed by atoms with Gasteiger partial charge in [-0.2, -0.15) is 0 Å². The fourth-order valence-corrected chi connectivity index (χ4v) is 2.86. The minimum absolute atomic E-state index is 0.135. The molecule has 2 heteroatoms. The van der Waals surface area contributed by atoms with Gasteiger partial charge in [0.15, 0.2) is 0 Å². The van der Waals surface area contributed by atoms with Gasteiger partial charge in [-0.05, 0) is 38.6 Å². The first-order valence-electron chi connectivity index (χ1n) is 8.58. The van der Waals surface area contributed by atoms with Gasteiger partial charge < -0.3 is 9.73 Å². The Morgan fingerprint density at radius 1 is 1.29 bits per heavy atom. The molecule has 1 aromatic carbocycles. The van der Waals surface area contributed by atoms with Gasteiger partial charge in [0.05, 0.1) is 6.04 Å². The van der Waals surface area contributed by atoms with E-state index in [-0.39, 0.29) is 6.04 Å². The Morgan fingerprint density at radius 2 is 2.04 bits per heavy atom. The van der Waals surface area contributed by atoms with Gasteiger partial charge >= 0.3 is 0 Å². The van der Waals surface area contributed by atoms with Gasteiger partial charge in [-0.25, -0.2) is 0 Å². The molecule has 126 valence electrons. The van der Waals surface area contributed by atoms with Crippen LogP contribution in [0.4, 0.5) is 0 Å². The largest absolute Gasteiger partial charge is 0.455 e. The zero-order valence-electron chi connectivity index (χ0n) is 15.3. The molecule has 2 aromatic rings. The Labute approximate surface area is 145 Å². The topological polar surface area (TPSA) is 25.2 Å². The van der Waals surface area contributed by atoms with Crippen molar-refractivity contribution in [3.63, 3.8) is 0 Å². The molecule has 0 aliphatic carbocycles. The Morgan fingerprint density at radius 3 is 2.67 bits per heavy atom. The zero-order chi connectivity index (χ0) is 17.7. The standard InChI is InChI=1S/C20H21NO.C2H6/c1-5-14(4)19-15(6-2)16-8-7-9-17(20(16)22-19)18-12-13(3)10-11-21-18;1-2/h5-12,18,21H,2H2,1,3-4H3;1-2H3/b14-5-;. The van der Waals surface area contributed by atoms with Crippen molar-refractivity contribution in [2.75, 3.05) is 0 Å². The van der Waals surface area contributed by atoms with Crippen molar-refractivity contribution in [1.29, 1.82) is 0 Å². The second kappa shape index (κ2) is 7.87. The van der Waals surface area contributed by atoms with E-state index in [9.17, 15) is 0 Å². The normalized spacial score (nSPS) is 17.0. The molecule has 24 heavy (non-hydrogen) atoms. The zero-order valence-corrected chi connectivity index (χ0v) is 15.3. The summed E-state index contributed by atoms with van der Waals surface area (Å²) in [5.74, 6) is 0.909. The summed E-state index contributed by atoms with van der Waals surface area (Å²) in [5, 5.41) is 4.51. The molecular weight excluding hydrogens is 294 g/mol. The minimum atomic E-state index is 0.135. The van der Waals surface area contributed by atoms with Crippen LogP contribution in [0.2, 0.25) is 0 Å². The predicted molar refractivity (Wildman–Crippen MR) is 106 cm³/mol. The molecule has 0 saturated carbocycles. The van der Waals surface area contributed by atoms with Crippen LogP contribution in [-0.2, 0) is 0 Å². The van der Waals surface area contributed by atoms with Crippen LogP contribution in [0, 0.1) is 0 Å². The lowest BCUT2D eigenvalue weighted by Gasteiger charge is -2.18. The van der Waals surface area contributed by atoms with Gasteiger partial charge in [0.2, 0.25) is 0 Å². The lowest BCUT2D eigenvalue weighted by Crippen LogP contribution is -2.16. The molecule has 2 heterocycles. The highest BCUT2D eigenvalue weighted by atomic mass is 16.3. The van der Waals surface area contributed by atoms with Crippen LogP contribution in [0.5, 0.6) is 0 Å². The molecule has 1 atom stereocenters. The van der Waals surface area contributed by atoms with Crippen LogP contribution in [0.3, 0.4) is 0 Å². The number of hydrogen-bond donors (Lipinski definition) is 1. The van der Waals surface area contributed by atoms with Crippen LogP contribution in [0.1, 0.15) is 57.5 Å². The van der Waals surface area contributed by atoms with E-state index >= 15 is 0 Å². The quantitative estimate of drug-likeness (QED) is 0.686. The number of rotatable bonds is 3. The molecule has 2 nitrogen and oxygen atoms in total. The molecule has 0 fully saturated rings. The summed E-state index contributed by atoms with van der Waals surface area (Å²) in [4.78, 5) is 0. The van der Waals surface area contributed by atoms with Crippen molar-refractivity contribution < 1.29 is 4.42 Å². The molecule has 1 aliphatic rings. The Bertz CT molecular complexity index is 818. The lowest BCUT2D eigenvalue weighted by atomic mass is 9.98. The fourth-order valence-electron chi connectivity index (χ4n) is 2.86. The SMILES string of the molecule is C=Cc1c(/C(C)=C\C)oc2c(C3C=C(C)C=CN3)cccc12.CC. The first-order valence-corrected chi connectivity index (χ1v) is 8.58. The molecular formula is C22H27NO. The van der Waals surface area contributed by atoms with Crippen molar-refractivity contribution >= 4 is 22.6 Å². The lowest BCUT2D eigenvalue weighted by molar-refractivity contribution is 0.587. The van der Waals surface area contributed by atoms with Crippen molar-refractivity contribution in [3.05, 3.63) is 71.7 Å². The average Bonchev–Trinajstić information content (AvgIpc) is 3.01. The Hall–Kier alpha value is -2.48. The smallest absolute Gasteiger partial charge is 0.141 e. The number of furan rings is 1. The summed E-state index contributed by atoms with van der Waals surface area (Å²) >= 11 is 0. The monoisotopic (exact) mass is 321 g/mol. The second-order valence-electron chi connectivity index (χ2n) is 5.63. The molecule has 0 bridgehead atoms. The van der Waals surface area contributed by atoms with Crippen LogP contribution in [0.25, 0.3) is 22.6 Å². The summed E-state index contributed by atoms with van der Waals surface area (Å²) in [6.45, 7) is 14.2. The third kappa shape index (κ3) is 3.23. The van der Waals surface area contributed by atoms with E-state index in [4.69, 9.17) is 4.42 Å². The third-order valence-electron chi connectivity index (χ3n) is 4.17. The van der Waals surface area contributed by atoms with Crippen molar-refractivity contribution in [3.8, 4) is 0 Å². The molecule has 1 aromatic heterocycles. The Kier molecular flexibility index (Phi) is 5.86. The van der Waals surface area contributed by atoms with Crippen LogP contribution >= 0.6 is 0 Å². The maximum absolute atomic E-state index is 6.23. The minimum Gasteiger partial charge on any atom is -0.455 e. The number of dihydropyridines is 1. The van der Waals surface area contributed by atoms with Crippen molar-refractivity contribution in [1.82, 2.24) is 5.32 Å². The summed E-state index contributed by atoms with van der Waals surface area (Å²) in [6.07, 6.45) is 10.2. The summed E-state index contributed by atoms with van der Waals surface area (Å²) < 4.78 is 6.23. The summed E-state index contributed by atoms with van der Waals surface area (Å²) in [5.41, 5.74) is 5.53. The summed E-state index contributed by atoms with van der Waals surface area (Å²) in [7, 11) is 0. The first-order chi connectivity index (χ1) is 11.7. The van der Waals surface area contributed by atoms with Crippen LogP contribution in [0.15, 0.2) is 59.2 Å². The van der Waals surface area contributed by atoms with E-state index in [0.717, 1.165) is 33.4 Å². The van der Waals surface area contributed by atoms with E-state index in [1.165, 1.54) is 5.57 Å². The highest BCUT2D eigenvalue weighted by Gasteiger charge is 2.19. The van der Waals surface area contributed by atoms with Crippen LogP contribution < -0.4 is 5.32 Å². The number of fused-ring (bicyclic) bond motifs is 1. The molecule has 1 N–H and O–H groups in total. The average molecular weight is 321 g/mol. The Balaban J connectivity index is 0.00000100. The maximum Gasteiger partial charge on any atom is 0.141 e. The van der Waals surface area contributed by atoms with Gasteiger partial charge in [0.25, 0.3) is 0 Å². The fraction of sp³-hybridized carbons (Fsp3) is 0.273. The van der Waals surface area contributed by atoms with Crippen molar-refractivity contribution in [2.45, 2.75) is 40.7 Å². The van der Waals surface area contributed by atoms with E-state index in [0.29, 0.717) is 0 Å². The van der Waals surface area contributed by atoms with Crippen molar-refractivity contribution in [2.24, 2.45) is 0 Å². The summed E-state index contributed by atoms with van der Waals surface area (Å²) in [6, 6.07) is 6.43. The van der Waals surface area contributed by atoms with Gasteiger partial charge in [-0.3, -0.25) is 0 Å². The van der Waals surface area contributed by atoms with E-state index in [1.807, 2.05) is 33.0 Å². The maximum atomic E-state index is 6.23. The highest BCUT2D eigenvalue weighted by molar-refractivity contribution is 5.94. The van der Waals surface area contributed by atoms with Gasteiger partial charge in [-0.15, -0.1) is 0 Å². The number of allylic oxidation sites excluding steroid dienone is 4. The molecule has 1 unspecified atom stereocenters. The number of hydrogen-bond acceptors (Lipinski definition) is 2. The number of para-hydroxylation sites is 1. The van der Waals surface area contributed by atoms with E-state index in [1.54, 1.807) is 0 Å². The molecule has 1 aliphatic heterocycles. The van der Waals surface area contributed by atoms with Gasteiger partial charge in [0, 0.05) is 16.5 Å². The van der Waals surface area contributed by atoms with Gasteiger partial charge in [0.1, 0.15) is 11.3 Å². The molecule has 0 radical (unpaired) electrons. The molecule has 0 saturated heterocycles. The van der Waals surface area contributed by atoms with E-state index < -0.39 is 0 Å². The molecule has 3 rings (SSSR count). The predicted octanol–water partition coefficient (Wildman–Crippen LogP) is 6.63. The first kappa shape index (κ1) is 17.9.